The minimum Gasteiger partial charge on any atom is -0.389 e. The lowest BCUT2D eigenvalue weighted by Crippen LogP contribution is -2.29. The summed E-state index contributed by atoms with van der Waals surface area (Å²) in [6.07, 6.45) is 2.91. The lowest BCUT2D eigenvalue weighted by Gasteiger charge is -2.14. The molecule has 0 saturated heterocycles. The molecule has 1 aromatic carbocycles. The second kappa shape index (κ2) is 7.28. The molecule has 2 aromatic rings. The van der Waals surface area contributed by atoms with Crippen LogP contribution in [0.5, 0.6) is 0 Å². The maximum Gasteiger partial charge on any atom is 0.224 e. The Bertz CT molecular complexity index is 608. The summed E-state index contributed by atoms with van der Waals surface area (Å²) in [7, 11) is 0. The van der Waals surface area contributed by atoms with Gasteiger partial charge in [-0.25, -0.2) is 4.98 Å². The molecule has 110 valence electrons. The van der Waals surface area contributed by atoms with Crippen molar-refractivity contribution in [3.05, 3.63) is 52.0 Å². The van der Waals surface area contributed by atoms with Gasteiger partial charge in [-0.2, -0.15) is 0 Å². The number of thiocarbonyl (C=S) groups is 1. The molecule has 1 atom stereocenters. The van der Waals surface area contributed by atoms with Gasteiger partial charge in [-0.15, -0.1) is 11.3 Å². The number of carbonyl (C=O) groups is 1. The van der Waals surface area contributed by atoms with Crippen molar-refractivity contribution in [2.24, 2.45) is 5.73 Å². The minimum atomic E-state index is -0.0200. The Morgan fingerprint density at radius 1 is 1.43 bits per heavy atom. The molecule has 0 fully saturated rings. The maximum atomic E-state index is 12.1. The lowest BCUT2D eigenvalue weighted by molar-refractivity contribution is -0.121. The predicted molar refractivity (Wildman–Crippen MR) is 89.3 cm³/mol. The van der Waals surface area contributed by atoms with Gasteiger partial charge in [0, 0.05) is 17.1 Å². The molecule has 2 rings (SSSR count). The highest BCUT2D eigenvalue weighted by Crippen LogP contribution is 2.18. The minimum absolute atomic E-state index is 0.0138. The average Bonchev–Trinajstić information content (AvgIpc) is 2.99. The number of amides is 1. The molecule has 0 aliphatic rings. The topological polar surface area (TPSA) is 68.0 Å². The van der Waals surface area contributed by atoms with Crippen LogP contribution in [0, 0.1) is 0 Å². The Morgan fingerprint density at radius 2 is 2.14 bits per heavy atom. The molecule has 0 spiro atoms. The fourth-order valence-corrected chi connectivity index (χ4v) is 2.87. The van der Waals surface area contributed by atoms with Gasteiger partial charge in [0.1, 0.15) is 10.00 Å². The molecule has 1 aromatic heterocycles. The first-order valence-electron chi connectivity index (χ1n) is 6.67. The Balaban J connectivity index is 1.96. The fraction of sp³-hybridized carbons (Fsp3) is 0.267. The maximum absolute atomic E-state index is 12.1. The van der Waals surface area contributed by atoms with Crippen molar-refractivity contribution in [2.45, 2.75) is 25.8 Å². The normalized spacial score (nSPS) is 11.9. The highest BCUT2D eigenvalue weighted by atomic mass is 32.1. The number of thiazole rings is 1. The fourth-order valence-electron chi connectivity index (χ4n) is 1.96. The number of rotatable bonds is 6. The van der Waals surface area contributed by atoms with Gasteiger partial charge in [0.05, 0.1) is 12.5 Å². The van der Waals surface area contributed by atoms with Gasteiger partial charge in [0.2, 0.25) is 5.91 Å². The third kappa shape index (κ3) is 4.34. The third-order valence-electron chi connectivity index (χ3n) is 3.10. The highest BCUT2D eigenvalue weighted by Gasteiger charge is 2.15. The predicted octanol–water partition coefficient (Wildman–Crippen LogP) is 2.59. The molecule has 0 bridgehead atoms. The smallest absolute Gasteiger partial charge is 0.224 e. The molecule has 0 aliphatic heterocycles. The molecule has 0 saturated carbocycles. The summed E-state index contributed by atoms with van der Waals surface area (Å²) in [6, 6.07) is 7.40. The van der Waals surface area contributed by atoms with Gasteiger partial charge in [-0.1, -0.05) is 43.4 Å². The standard InChI is InChI=1S/C15H17N3OS2/c1-2-12(15-17-7-8-21-15)18-13(19)9-10-3-5-11(6-4-10)14(16)20/h3-8,12H,2,9H2,1H3,(H2,16,20)(H,18,19). The van der Waals surface area contributed by atoms with Crippen molar-refractivity contribution in [3.8, 4) is 0 Å². The average molecular weight is 319 g/mol. The van der Waals surface area contributed by atoms with Crippen molar-refractivity contribution in [1.29, 1.82) is 0 Å². The van der Waals surface area contributed by atoms with E-state index in [1.807, 2.05) is 36.6 Å². The summed E-state index contributed by atoms with van der Waals surface area (Å²) in [4.78, 5) is 16.7. The summed E-state index contributed by atoms with van der Waals surface area (Å²) in [5.74, 6) is -0.0138. The van der Waals surface area contributed by atoms with E-state index in [2.05, 4.69) is 10.3 Å². The van der Waals surface area contributed by atoms with E-state index >= 15 is 0 Å². The van der Waals surface area contributed by atoms with Crippen LogP contribution in [-0.2, 0) is 11.2 Å². The largest absolute Gasteiger partial charge is 0.389 e. The van der Waals surface area contributed by atoms with Crippen molar-refractivity contribution in [2.75, 3.05) is 0 Å². The monoisotopic (exact) mass is 319 g/mol. The van der Waals surface area contributed by atoms with Crippen LogP contribution in [0.25, 0.3) is 0 Å². The quantitative estimate of drug-likeness (QED) is 0.803. The van der Waals surface area contributed by atoms with E-state index in [-0.39, 0.29) is 11.9 Å². The van der Waals surface area contributed by atoms with Crippen molar-refractivity contribution in [1.82, 2.24) is 10.3 Å². The van der Waals surface area contributed by atoms with Crippen LogP contribution in [0.4, 0.5) is 0 Å². The first-order chi connectivity index (χ1) is 10.1. The molecule has 0 radical (unpaired) electrons. The van der Waals surface area contributed by atoms with Gasteiger partial charge < -0.3 is 11.1 Å². The number of hydrogen-bond acceptors (Lipinski definition) is 4. The summed E-state index contributed by atoms with van der Waals surface area (Å²) >= 11 is 6.46. The summed E-state index contributed by atoms with van der Waals surface area (Å²) in [5, 5.41) is 5.87. The van der Waals surface area contributed by atoms with Crippen LogP contribution in [0.15, 0.2) is 35.8 Å². The number of carbonyl (C=O) groups excluding carboxylic acids is 1. The Labute approximate surface area is 133 Å². The van der Waals surface area contributed by atoms with Crippen LogP contribution < -0.4 is 11.1 Å². The van der Waals surface area contributed by atoms with E-state index in [1.165, 1.54) is 0 Å². The van der Waals surface area contributed by atoms with Crippen molar-refractivity contribution in [3.63, 3.8) is 0 Å². The summed E-state index contributed by atoms with van der Waals surface area (Å²) < 4.78 is 0. The zero-order valence-corrected chi connectivity index (χ0v) is 13.3. The van der Waals surface area contributed by atoms with E-state index in [0.717, 1.165) is 22.6 Å². The van der Waals surface area contributed by atoms with Crippen LogP contribution in [-0.4, -0.2) is 15.9 Å². The van der Waals surface area contributed by atoms with Crippen LogP contribution >= 0.6 is 23.6 Å². The van der Waals surface area contributed by atoms with Crippen LogP contribution in [0.1, 0.15) is 35.5 Å². The SMILES string of the molecule is CCC(NC(=O)Cc1ccc(C(N)=S)cc1)c1nccs1. The van der Waals surface area contributed by atoms with E-state index in [0.29, 0.717) is 11.4 Å². The number of benzene rings is 1. The highest BCUT2D eigenvalue weighted by molar-refractivity contribution is 7.80. The Kier molecular flexibility index (Phi) is 5.41. The zero-order valence-electron chi connectivity index (χ0n) is 11.7. The molecule has 3 N–H and O–H groups in total. The van der Waals surface area contributed by atoms with Crippen LogP contribution in [0.2, 0.25) is 0 Å². The van der Waals surface area contributed by atoms with E-state index in [1.54, 1.807) is 17.5 Å². The number of nitrogens with one attached hydrogen (secondary N) is 1. The van der Waals surface area contributed by atoms with Gasteiger partial charge in [0.15, 0.2) is 0 Å². The first kappa shape index (κ1) is 15.6. The molecule has 1 unspecified atom stereocenters. The Hall–Kier alpha value is -1.79. The molecule has 1 heterocycles. The zero-order chi connectivity index (χ0) is 15.2. The number of nitrogens with zero attached hydrogens (tertiary/aromatic N) is 1. The lowest BCUT2D eigenvalue weighted by atomic mass is 10.1. The van der Waals surface area contributed by atoms with Gasteiger partial charge >= 0.3 is 0 Å². The molecule has 4 nitrogen and oxygen atoms in total. The summed E-state index contributed by atoms with van der Waals surface area (Å²) in [6.45, 7) is 2.03. The van der Waals surface area contributed by atoms with E-state index in [4.69, 9.17) is 18.0 Å². The number of nitrogens with two attached hydrogens (primary N) is 1. The number of hydrogen-bond donors (Lipinski definition) is 2. The summed E-state index contributed by atoms with van der Waals surface area (Å²) in [5.41, 5.74) is 7.29. The first-order valence-corrected chi connectivity index (χ1v) is 7.96. The second-order valence-corrected chi connectivity index (χ2v) is 6.00. The second-order valence-electron chi connectivity index (χ2n) is 4.64. The van der Waals surface area contributed by atoms with Gasteiger partial charge in [-0.05, 0) is 12.0 Å². The molecular weight excluding hydrogens is 302 g/mol. The molecule has 0 aliphatic carbocycles. The van der Waals surface area contributed by atoms with Gasteiger partial charge in [0.25, 0.3) is 0 Å². The number of aromatic nitrogens is 1. The third-order valence-corrected chi connectivity index (χ3v) is 4.22. The van der Waals surface area contributed by atoms with E-state index < -0.39 is 0 Å². The molecule has 21 heavy (non-hydrogen) atoms. The van der Waals surface area contributed by atoms with Crippen molar-refractivity contribution >= 4 is 34.5 Å². The molecular formula is C15H17N3OS2. The molecule has 1 amide bonds. The van der Waals surface area contributed by atoms with Gasteiger partial charge in [-0.3, -0.25) is 4.79 Å². The van der Waals surface area contributed by atoms with Crippen molar-refractivity contribution < 1.29 is 4.79 Å². The Morgan fingerprint density at radius 3 is 2.67 bits per heavy atom. The van der Waals surface area contributed by atoms with E-state index in [9.17, 15) is 4.79 Å². The molecule has 6 heteroatoms. The van der Waals surface area contributed by atoms with Crippen LogP contribution in [0.3, 0.4) is 0 Å².